The maximum absolute atomic E-state index is 12.5. The van der Waals surface area contributed by atoms with Crippen LogP contribution in [0.25, 0.3) is 0 Å². The third kappa shape index (κ3) is 2.00. The lowest BCUT2D eigenvalue weighted by Gasteiger charge is -2.52. The standard InChI is InChI=1S/C15H22N4O4/c1-3-7-18-13(21)17-12-14(18,9-16-10-19(12)22)15(11(20)4-2)6-5-8-23-15/h7,9,11-12,20,22H,1,4-6,8,10H2,2H3,(H,17,21)/t11-,12?,14?,15?/m0/s1. The molecule has 0 spiro atoms. The molecule has 8 nitrogen and oxygen atoms in total. The summed E-state index contributed by atoms with van der Waals surface area (Å²) >= 11 is 0. The summed E-state index contributed by atoms with van der Waals surface area (Å²) in [5, 5.41) is 24.7. The van der Waals surface area contributed by atoms with Gasteiger partial charge in [-0.05, 0) is 19.3 Å². The van der Waals surface area contributed by atoms with Crippen LogP contribution in [0.5, 0.6) is 0 Å². The van der Waals surface area contributed by atoms with E-state index < -0.39 is 29.4 Å². The van der Waals surface area contributed by atoms with E-state index in [-0.39, 0.29) is 6.67 Å². The highest BCUT2D eigenvalue weighted by atomic mass is 16.5. The number of ether oxygens (including phenoxy) is 1. The van der Waals surface area contributed by atoms with Crippen LogP contribution in [0, 0.1) is 0 Å². The second-order valence-corrected chi connectivity index (χ2v) is 6.04. The molecule has 0 saturated carbocycles. The first kappa shape index (κ1) is 16.2. The maximum atomic E-state index is 12.5. The van der Waals surface area contributed by atoms with Crippen molar-refractivity contribution in [3.63, 3.8) is 0 Å². The van der Waals surface area contributed by atoms with Crippen LogP contribution in [-0.2, 0) is 4.74 Å². The maximum Gasteiger partial charge on any atom is 0.324 e. The van der Waals surface area contributed by atoms with Crippen molar-refractivity contribution in [2.24, 2.45) is 4.99 Å². The van der Waals surface area contributed by atoms with E-state index in [4.69, 9.17) is 4.74 Å². The number of rotatable bonds is 4. The van der Waals surface area contributed by atoms with Crippen molar-refractivity contribution in [3.8, 4) is 0 Å². The van der Waals surface area contributed by atoms with Gasteiger partial charge in [0.1, 0.15) is 18.4 Å². The lowest BCUT2D eigenvalue weighted by Crippen LogP contribution is -2.75. The van der Waals surface area contributed by atoms with Gasteiger partial charge in [-0.2, -0.15) is 0 Å². The molecule has 3 unspecified atom stereocenters. The molecule has 3 aliphatic rings. The number of aliphatic hydroxyl groups is 1. The second-order valence-electron chi connectivity index (χ2n) is 6.04. The van der Waals surface area contributed by atoms with Crippen molar-refractivity contribution < 1.29 is 19.8 Å². The first-order valence-corrected chi connectivity index (χ1v) is 7.78. The van der Waals surface area contributed by atoms with Crippen LogP contribution in [0.1, 0.15) is 26.2 Å². The molecule has 3 N–H and O–H groups in total. The molecule has 0 aromatic heterocycles. The molecule has 126 valence electrons. The largest absolute Gasteiger partial charge is 0.390 e. The normalized spacial score (nSPS) is 38.1. The molecule has 2 saturated heterocycles. The average Bonchev–Trinajstić information content (AvgIpc) is 3.14. The van der Waals surface area contributed by atoms with Gasteiger partial charge < -0.3 is 20.4 Å². The zero-order chi connectivity index (χ0) is 16.7. The molecule has 4 atom stereocenters. The van der Waals surface area contributed by atoms with Crippen LogP contribution in [0.2, 0.25) is 0 Å². The fourth-order valence-electron chi connectivity index (χ4n) is 4.01. The molecule has 2 fully saturated rings. The number of nitrogens with zero attached hydrogens (tertiary/aromatic N) is 3. The number of nitrogens with one attached hydrogen (secondary N) is 1. The minimum Gasteiger partial charge on any atom is -0.390 e. The van der Waals surface area contributed by atoms with Crippen LogP contribution in [0.4, 0.5) is 4.79 Å². The molecule has 2 amide bonds. The van der Waals surface area contributed by atoms with Gasteiger partial charge in [0.2, 0.25) is 0 Å². The van der Waals surface area contributed by atoms with Gasteiger partial charge in [0.05, 0.1) is 12.3 Å². The predicted molar refractivity (Wildman–Crippen MR) is 81.8 cm³/mol. The molecule has 0 radical (unpaired) electrons. The van der Waals surface area contributed by atoms with E-state index in [2.05, 4.69) is 22.6 Å². The van der Waals surface area contributed by atoms with Crippen molar-refractivity contribution in [3.05, 3.63) is 18.5 Å². The van der Waals surface area contributed by atoms with Gasteiger partial charge in [0, 0.05) is 12.8 Å². The Bertz CT molecular complexity index is 568. The topological polar surface area (TPSA) is 97.6 Å². The molecule has 3 heterocycles. The van der Waals surface area contributed by atoms with E-state index in [1.54, 1.807) is 6.21 Å². The Kier molecular flexibility index (Phi) is 4.03. The second kappa shape index (κ2) is 5.74. The van der Waals surface area contributed by atoms with Crippen molar-refractivity contribution in [1.29, 1.82) is 0 Å². The van der Waals surface area contributed by atoms with E-state index in [0.29, 0.717) is 19.4 Å². The Balaban J connectivity index is 2.22. The minimum atomic E-state index is -1.17. The van der Waals surface area contributed by atoms with Crippen molar-refractivity contribution in [1.82, 2.24) is 15.3 Å². The highest BCUT2D eigenvalue weighted by molar-refractivity contribution is 5.90. The van der Waals surface area contributed by atoms with E-state index >= 15 is 0 Å². The number of carbonyl (C=O) groups excluding carboxylic acids is 1. The third-order valence-electron chi connectivity index (χ3n) is 4.98. The molecular weight excluding hydrogens is 300 g/mol. The Morgan fingerprint density at radius 3 is 3.13 bits per heavy atom. The molecule has 8 heteroatoms. The van der Waals surface area contributed by atoms with Crippen LogP contribution in [-0.4, -0.2) is 69.2 Å². The molecule has 3 aliphatic heterocycles. The first-order chi connectivity index (χ1) is 11.0. The van der Waals surface area contributed by atoms with Crippen LogP contribution < -0.4 is 5.32 Å². The summed E-state index contributed by atoms with van der Waals surface area (Å²) in [7, 11) is 0. The molecule has 3 rings (SSSR count). The van der Waals surface area contributed by atoms with Crippen molar-refractivity contribution in [2.45, 2.75) is 49.6 Å². The Morgan fingerprint density at radius 1 is 1.74 bits per heavy atom. The number of hydrogen-bond acceptors (Lipinski definition) is 6. The third-order valence-corrected chi connectivity index (χ3v) is 4.98. The zero-order valence-electron chi connectivity index (χ0n) is 13.1. The summed E-state index contributed by atoms with van der Waals surface area (Å²) in [6, 6.07) is -0.420. The lowest BCUT2D eigenvalue weighted by atomic mass is 9.71. The smallest absolute Gasteiger partial charge is 0.324 e. The van der Waals surface area contributed by atoms with Gasteiger partial charge in [-0.15, -0.1) is 10.8 Å². The summed E-state index contributed by atoms with van der Waals surface area (Å²) in [6.07, 6.45) is 3.18. The molecule has 0 bridgehead atoms. The number of hydroxylamine groups is 2. The number of hydrogen-bond donors (Lipinski definition) is 3. The number of fused-ring (bicyclic) bond motifs is 1. The fraction of sp³-hybridized carbons (Fsp3) is 0.667. The number of aliphatic imine (C=N–C) groups is 1. The molecule has 0 aromatic carbocycles. The van der Waals surface area contributed by atoms with E-state index in [1.807, 2.05) is 6.92 Å². The van der Waals surface area contributed by atoms with Crippen molar-refractivity contribution >= 4 is 12.2 Å². The molecule has 0 aromatic rings. The van der Waals surface area contributed by atoms with Gasteiger partial charge in [0.15, 0.2) is 5.54 Å². The quantitative estimate of drug-likeness (QED) is 0.652. The first-order valence-electron chi connectivity index (χ1n) is 7.78. The highest BCUT2D eigenvalue weighted by Gasteiger charge is 2.70. The van der Waals surface area contributed by atoms with Gasteiger partial charge in [-0.3, -0.25) is 9.89 Å². The number of amides is 2. The van der Waals surface area contributed by atoms with Crippen molar-refractivity contribution in [2.75, 3.05) is 13.3 Å². The minimum absolute atomic E-state index is 0.0383. The number of aliphatic hydroxyl groups excluding tert-OH is 1. The lowest BCUT2D eigenvalue weighted by molar-refractivity contribution is -0.204. The summed E-state index contributed by atoms with van der Waals surface area (Å²) in [5.41, 5.74) is 0.363. The summed E-state index contributed by atoms with van der Waals surface area (Å²) in [5.74, 6) is 0. The number of carbonyl (C=O) groups is 1. The van der Waals surface area contributed by atoms with Crippen LogP contribution in [0.3, 0.4) is 0 Å². The summed E-state index contributed by atoms with van der Waals surface area (Å²) in [6.45, 7) is 5.91. The van der Waals surface area contributed by atoms with Crippen LogP contribution >= 0.6 is 0 Å². The van der Waals surface area contributed by atoms with E-state index in [9.17, 15) is 15.1 Å². The summed E-state index contributed by atoms with van der Waals surface area (Å²) in [4.78, 5) is 18.1. The SMILES string of the molecule is C=C=CN1C(=O)NC2N(O)CN=CC21C1([C@@H](O)CC)CCCO1. The van der Waals surface area contributed by atoms with E-state index in [1.165, 1.54) is 11.1 Å². The Morgan fingerprint density at radius 2 is 2.52 bits per heavy atom. The molecule has 0 aliphatic carbocycles. The monoisotopic (exact) mass is 322 g/mol. The van der Waals surface area contributed by atoms with Gasteiger partial charge >= 0.3 is 6.03 Å². The highest BCUT2D eigenvalue weighted by Crippen LogP contribution is 2.48. The van der Waals surface area contributed by atoms with Gasteiger partial charge in [0.25, 0.3) is 0 Å². The predicted octanol–water partition coefficient (Wildman–Crippen LogP) is 0.428. The molecule has 23 heavy (non-hydrogen) atoms. The van der Waals surface area contributed by atoms with E-state index in [0.717, 1.165) is 11.5 Å². The Labute approximate surface area is 134 Å². The number of urea groups is 1. The van der Waals surface area contributed by atoms with Gasteiger partial charge in [-0.1, -0.05) is 13.5 Å². The summed E-state index contributed by atoms with van der Waals surface area (Å²) < 4.78 is 6.03. The molecular formula is C15H22N4O4. The average molecular weight is 322 g/mol. The van der Waals surface area contributed by atoms with Crippen LogP contribution in [0.15, 0.2) is 23.5 Å². The zero-order valence-corrected chi connectivity index (χ0v) is 13.1. The Hall–Kier alpha value is -1.70. The fourth-order valence-corrected chi connectivity index (χ4v) is 4.01. The van der Waals surface area contributed by atoms with Gasteiger partial charge in [-0.25, -0.2) is 4.79 Å².